The van der Waals surface area contributed by atoms with Gasteiger partial charge in [-0.1, -0.05) is 0 Å². The topological polar surface area (TPSA) is 29.5 Å². The van der Waals surface area contributed by atoms with Crippen LogP contribution in [0.1, 0.15) is 38.5 Å². The summed E-state index contributed by atoms with van der Waals surface area (Å²) in [6.45, 7) is 3.64. The molecule has 0 aromatic rings. The van der Waals surface area contributed by atoms with Gasteiger partial charge in [0.2, 0.25) is 0 Å². The van der Waals surface area contributed by atoms with Gasteiger partial charge in [0.25, 0.3) is 0 Å². The van der Waals surface area contributed by atoms with Crippen molar-refractivity contribution < 1.29 is 9.53 Å². The van der Waals surface area contributed by atoms with Gasteiger partial charge < -0.3 is 9.53 Å². The van der Waals surface area contributed by atoms with Crippen LogP contribution in [0.15, 0.2) is 0 Å². The van der Waals surface area contributed by atoms with Crippen LogP contribution >= 0.6 is 0 Å². The third-order valence-corrected chi connectivity index (χ3v) is 4.37. The van der Waals surface area contributed by atoms with Gasteiger partial charge in [0.1, 0.15) is 6.29 Å². The maximum atomic E-state index is 11.5. The molecule has 0 spiro atoms. The summed E-state index contributed by atoms with van der Waals surface area (Å²) in [5.41, 5.74) is -0.199. The Morgan fingerprint density at radius 3 is 2.65 bits per heavy atom. The Bertz CT molecular complexity index is 278. The van der Waals surface area contributed by atoms with Crippen molar-refractivity contribution in [1.82, 2.24) is 4.90 Å². The van der Waals surface area contributed by atoms with E-state index in [0.29, 0.717) is 6.61 Å². The van der Waals surface area contributed by atoms with Crippen LogP contribution < -0.4 is 0 Å². The van der Waals surface area contributed by atoms with E-state index < -0.39 is 0 Å². The van der Waals surface area contributed by atoms with Crippen LogP contribution in [0.5, 0.6) is 0 Å². The first-order valence-electron chi connectivity index (χ1n) is 7.09. The second kappa shape index (κ2) is 4.69. The second-order valence-corrected chi connectivity index (χ2v) is 6.24. The highest BCUT2D eigenvalue weighted by Gasteiger charge is 2.40. The maximum Gasteiger partial charge on any atom is 0.129 e. The van der Waals surface area contributed by atoms with Crippen molar-refractivity contribution in [2.45, 2.75) is 44.6 Å². The summed E-state index contributed by atoms with van der Waals surface area (Å²) < 4.78 is 5.54. The smallest absolute Gasteiger partial charge is 0.129 e. The van der Waals surface area contributed by atoms with E-state index >= 15 is 0 Å². The van der Waals surface area contributed by atoms with Gasteiger partial charge in [0.05, 0.1) is 12.0 Å². The zero-order valence-electron chi connectivity index (χ0n) is 10.6. The fraction of sp³-hybridized carbons (Fsp3) is 0.929. The van der Waals surface area contributed by atoms with Crippen LogP contribution in [0, 0.1) is 11.3 Å². The third-order valence-electron chi connectivity index (χ3n) is 4.37. The largest absolute Gasteiger partial charge is 0.380 e. The van der Waals surface area contributed by atoms with Gasteiger partial charge in [0, 0.05) is 25.7 Å². The monoisotopic (exact) mass is 237 g/mol. The van der Waals surface area contributed by atoms with Crippen LogP contribution in [-0.4, -0.2) is 43.5 Å². The molecule has 0 amide bonds. The molecule has 1 unspecified atom stereocenters. The Labute approximate surface area is 104 Å². The summed E-state index contributed by atoms with van der Waals surface area (Å²) in [6.07, 6.45) is 8.70. The molecule has 17 heavy (non-hydrogen) atoms. The van der Waals surface area contributed by atoms with Crippen LogP contribution in [-0.2, 0) is 9.53 Å². The van der Waals surface area contributed by atoms with Crippen molar-refractivity contribution >= 4 is 6.29 Å². The van der Waals surface area contributed by atoms with E-state index in [2.05, 4.69) is 4.90 Å². The molecule has 0 radical (unpaired) electrons. The Morgan fingerprint density at radius 1 is 1.29 bits per heavy atom. The van der Waals surface area contributed by atoms with Gasteiger partial charge in [-0.2, -0.15) is 0 Å². The van der Waals surface area contributed by atoms with Crippen molar-refractivity contribution in [3.8, 4) is 0 Å². The molecule has 1 heterocycles. The Kier molecular flexibility index (Phi) is 3.22. The zero-order chi connectivity index (χ0) is 11.7. The summed E-state index contributed by atoms with van der Waals surface area (Å²) in [5.74, 6) is 0.920. The number of nitrogens with zero attached hydrogens (tertiary/aromatic N) is 1. The molecule has 96 valence electrons. The fourth-order valence-corrected chi connectivity index (χ4v) is 2.95. The second-order valence-electron chi connectivity index (χ2n) is 6.24. The lowest BCUT2D eigenvalue weighted by Gasteiger charge is -2.37. The average molecular weight is 237 g/mol. The van der Waals surface area contributed by atoms with E-state index in [9.17, 15) is 4.79 Å². The lowest BCUT2D eigenvalue weighted by atomic mass is 9.83. The lowest BCUT2D eigenvalue weighted by molar-refractivity contribution is -0.125. The van der Waals surface area contributed by atoms with E-state index in [0.717, 1.165) is 38.0 Å². The Hall–Kier alpha value is -0.410. The molecule has 2 saturated carbocycles. The van der Waals surface area contributed by atoms with Crippen molar-refractivity contribution in [3.05, 3.63) is 0 Å². The molecule has 3 nitrogen and oxygen atoms in total. The van der Waals surface area contributed by atoms with E-state index in [-0.39, 0.29) is 5.41 Å². The first-order valence-corrected chi connectivity index (χ1v) is 7.09. The van der Waals surface area contributed by atoms with Crippen LogP contribution in [0.25, 0.3) is 0 Å². The first-order chi connectivity index (χ1) is 8.31. The predicted molar refractivity (Wildman–Crippen MR) is 65.9 cm³/mol. The molecule has 0 aromatic heterocycles. The number of hydrogen-bond acceptors (Lipinski definition) is 3. The molecule has 0 aromatic carbocycles. The summed E-state index contributed by atoms with van der Waals surface area (Å²) in [4.78, 5) is 14.0. The average Bonchev–Trinajstić information content (AvgIpc) is 3.22. The minimum Gasteiger partial charge on any atom is -0.380 e. The fourth-order valence-electron chi connectivity index (χ4n) is 2.95. The van der Waals surface area contributed by atoms with Crippen LogP contribution in [0.2, 0.25) is 0 Å². The van der Waals surface area contributed by atoms with Gasteiger partial charge in [-0.3, -0.25) is 4.90 Å². The SMILES string of the molecule is O=CC1(CN(CC2CC2)C2CC2)CCCOC1. The van der Waals surface area contributed by atoms with Gasteiger partial charge in [-0.05, 0) is 44.4 Å². The summed E-state index contributed by atoms with van der Waals surface area (Å²) in [7, 11) is 0. The summed E-state index contributed by atoms with van der Waals surface area (Å²) >= 11 is 0. The predicted octanol–water partition coefficient (Wildman–Crippen LogP) is 1.86. The molecule has 3 rings (SSSR count). The number of aldehydes is 1. The summed E-state index contributed by atoms with van der Waals surface area (Å²) in [5, 5.41) is 0. The van der Waals surface area contributed by atoms with Crippen molar-refractivity contribution in [2.24, 2.45) is 11.3 Å². The molecular formula is C14H23NO2. The van der Waals surface area contributed by atoms with Gasteiger partial charge in [0.15, 0.2) is 0 Å². The summed E-state index contributed by atoms with van der Waals surface area (Å²) in [6, 6.07) is 0.773. The Morgan fingerprint density at radius 2 is 2.12 bits per heavy atom. The maximum absolute atomic E-state index is 11.5. The van der Waals surface area contributed by atoms with Gasteiger partial charge in [-0.15, -0.1) is 0 Å². The molecule has 3 heteroatoms. The van der Waals surface area contributed by atoms with Gasteiger partial charge >= 0.3 is 0 Å². The molecule has 3 fully saturated rings. The minimum absolute atomic E-state index is 0.199. The molecular weight excluding hydrogens is 214 g/mol. The van der Waals surface area contributed by atoms with Crippen LogP contribution in [0.3, 0.4) is 0 Å². The van der Waals surface area contributed by atoms with E-state index in [1.807, 2.05) is 0 Å². The number of ether oxygens (including phenoxy) is 1. The number of carbonyl (C=O) groups excluding carboxylic acids is 1. The molecule has 0 N–H and O–H groups in total. The van der Waals surface area contributed by atoms with E-state index in [1.54, 1.807) is 0 Å². The number of carbonyl (C=O) groups is 1. The molecule has 1 atom stereocenters. The highest BCUT2D eigenvalue weighted by Crippen LogP contribution is 2.37. The minimum atomic E-state index is -0.199. The van der Waals surface area contributed by atoms with Gasteiger partial charge in [-0.25, -0.2) is 0 Å². The molecule has 2 aliphatic carbocycles. The number of hydrogen-bond donors (Lipinski definition) is 0. The molecule has 1 aliphatic heterocycles. The highest BCUT2D eigenvalue weighted by atomic mass is 16.5. The standard InChI is InChI=1S/C14H23NO2/c16-10-14(6-1-7-17-11-14)9-15(13-4-5-13)8-12-2-3-12/h10,12-13H,1-9,11H2. The van der Waals surface area contributed by atoms with Crippen molar-refractivity contribution in [2.75, 3.05) is 26.3 Å². The zero-order valence-corrected chi connectivity index (χ0v) is 10.6. The quantitative estimate of drug-likeness (QED) is 0.660. The molecule has 0 bridgehead atoms. The third kappa shape index (κ3) is 2.89. The van der Waals surface area contributed by atoms with E-state index in [4.69, 9.17) is 4.74 Å². The highest BCUT2D eigenvalue weighted by molar-refractivity contribution is 5.60. The van der Waals surface area contributed by atoms with Crippen molar-refractivity contribution in [3.63, 3.8) is 0 Å². The first kappa shape index (κ1) is 11.7. The normalized spacial score (nSPS) is 33.9. The van der Waals surface area contributed by atoms with Crippen molar-refractivity contribution in [1.29, 1.82) is 0 Å². The Balaban J connectivity index is 1.61. The lowest BCUT2D eigenvalue weighted by Crippen LogP contribution is -2.45. The molecule has 1 saturated heterocycles. The van der Waals surface area contributed by atoms with Crippen LogP contribution in [0.4, 0.5) is 0 Å². The molecule has 3 aliphatic rings. The van der Waals surface area contributed by atoms with E-state index in [1.165, 1.54) is 38.5 Å². The number of rotatable bonds is 6.